The number of nitrogens with one attached hydrogen (secondary N) is 1. The Balaban J connectivity index is 1.62. The van der Waals surface area contributed by atoms with Crippen LogP contribution >= 0.6 is 11.8 Å². The van der Waals surface area contributed by atoms with Gasteiger partial charge in [-0.2, -0.15) is 0 Å². The first-order chi connectivity index (χ1) is 16.2. The fourth-order valence-corrected chi connectivity index (χ4v) is 3.78. The number of nitrogens with zero attached hydrogens (tertiary/aromatic N) is 4. The molecule has 6 nitrogen and oxygen atoms in total. The lowest BCUT2D eigenvalue weighted by atomic mass is 10.2. The molecule has 0 aliphatic rings. The van der Waals surface area contributed by atoms with Crippen LogP contribution in [0.2, 0.25) is 0 Å². The van der Waals surface area contributed by atoms with Crippen molar-refractivity contribution in [1.82, 2.24) is 20.3 Å². The molecule has 0 unspecified atom stereocenters. The van der Waals surface area contributed by atoms with Gasteiger partial charge in [-0.15, -0.1) is 0 Å². The summed E-state index contributed by atoms with van der Waals surface area (Å²) in [5.74, 6) is 2.45. The van der Waals surface area contributed by atoms with Crippen LogP contribution in [0.4, 0.5) is 5.82 Å². The Morgan fingerprint density at radius 1 is 0.939 bits per heavy atom. The van der Waals surface area contributed by atoms with Crippen molar-refractivity contribution >= 4 is 29.1 Å². The van der Waals surface area contributed by atoms with Crippen LogP contribution in [-0.2, 0) is 0 Å². The molecule has 3 aromatic heterocycles. The predicted molar refractivity (Wildman–Crippen MR) is 133 cm³/mol. The van der Waals surface area contributed by atoms with Gasteiger partial charge < -0.3 is 10.1 Å². The summed E-state index contributed by atoms with van der Waals surface area (Å²) < 4.78 is 6.15. The van der Waals surface area contributed by atoms with Crippen LogP contribution in [-0.4, -0.2) is 20.8 Å². The minimum absolute atomic E-state index is 0.486. The van der Waals surface area contributed by atoms with E-state index in [2.05, 4.69) is 20.3 Å². The van der Waals surface area contributed by atoms with E-state index in [4.69, 9.17) is 9.73 Å². The Kier molecular flexibility index (Phi) is 7.45. The molecule has 33 heavy (non-hydrogen) atoms. The maximum Gasteiger partial charge on any atom is 0.197 e. The fourth-order valence-electron chi connectivity index (χ4n) is 2.98. The van der Waals surface area contributed by atoms with E-state index in [1.807, 2.05) is 86.7 Å². The van der Waals surface area contributed by atoms with Crippen molar-refractivity contribution < 1.29 is 4.74 Å². The molecule has 164 valence electrons. The SMILES string of the molecule is C/C=C(\NC(C)=Nc1ncc(Sc2ccncc2)cc1Oc1ccccc1)c1ccccn1. The summed E-state index contributed by atoms with van der Waals surface area (Å²) in [5, 5.41) is 3.32. The largest absolute Gasteiger partial charge is 0.453 e. The number of allylic oxidation sites excluding steroid dienone is 1. The molecule has 0 amide bonds. The van der Waals surface area contributed by atoms with E-state index in [0.717, 1.165) is 26.9 Å². The van der Waals surface area contributed by atoms with Crippen LogP contribution in [0.3, 0.4) is 0 Å². The Morgan fingerprint density at radius 3 is 2.45 bits per heavy atom. The third-order valence-electron chi connectivity index (χ3n) is 4.48. The van der Waals surface area contributed by atoms with Crippen molar-refractivity contribution in [2.45, 2.75) is 23.6 Å². The molecular formula is C26H23N5OS. The molecule has 7 heteroatoms. The molecule has 0 radical (unpaired) electrons. The molecule has 0 spiro atoms. The summed E-state index contributed by atoms with van der Waals surface area (Å²) in [7, 11) is 0. The number of benzene rings is 1. The Labute approximate surface area is 197 Å². The molecule has 1 N–H and O–H groups in total. The highest BCUT2D eigenvalue weighted by atomic mass is 32.2. The van der Waals surface area contributed by atoms with E-state index in [1.54, 1.807) is 36.5 Å². The van der Waals surface area contributed by atoms with Gasteiger partial charge in [0.05, 0.1) is 11.4 Å². The van der Waals surface area contributed by atoms with Crippen molar-refractivity contribution in [2.24, 2.45) is 4.99 Å². The molecular weight excluding hydrogens is 430 g/mol. The second kappa shape index (κ2) is 11.1. The van der Waals surface area contributed by atoms with Gasteiger partial charge in [-0.05, 0) is 50.2 Å². The summed E-state index contributed by atoms with van der Waals surface area (Å²) in [6, 6.07) is 21.3. The first-order valence-corrected chi connectivity index (χ1v) is 11.2. The van der Waals surface area contributed by atoms with Crippen LogP contribution in [0.25, 0.3) is 5.70 Å². The predicted octanol–water partition coefficient (Wildman–Crippen LogP) is 6.52. The highest BCUT2D eigenvalue weighted by Gasteiger charge is 2.11. The average molecular weight is 454 g/mol. The summed E-state index contributed by atoms with van der Waals surface area (Å²) >= 11 is 1.59. The van der Waals surface area contributed by atoms with Gasteiger partial charge in [0.2, 0.25) is 0 Å². The molecule has 4 rings (SSSR count). The second-order valence-electron chi connectivity index (χ2n) is 6.93. The maximum absolute atomic E-state index is 6.15. The molecule has 3 heterocycles. The van der Waals surface area contributed by atoms with Gasteiger partial charge in [-0.1, -0.05) is 42.1 Å². The molecule has 4 aromatic rings. The third-order valence-corrected chi connectivity index (χ3v) is 5.45. The van der Waals surface area contributed by atoms with Crippen molar-refractivity contribution in [3.63, 3.8) is 0 Å². The van der Waals surface area contributed by atoms with Gasteiger partial charge in [-0.25, -0.2) is 9.98 Å². The second-order valence-corrected chi connectivity index (χ2v) is 8.08. The number of rotatable bonds is 7. The van der Waals surface area contributed by atoms with Gasteiger partial charge in [0.1, 0.15) is 11.6 Å². The Bertz CT molecular complexity index is 1250. The van der Waals surface area contributed by atoms with Gasteiger partial charge in [0.25, 0.3) is 0 Å². The molecule has 0 atom stereocenters. The summed E-state index contributed by atoms with van der Waals surface area (Å²) in [5.41, 5.74) is 1.71. The zero-order valence-electron chi connectivity index (χ0n) is 18.3. The highest BCUT2D eigenvalue weighted by molar-refractivity contribution is 7.99. The molecule has 0 fully saturated rings. The molecule has 0 bridgehead atoms. The van der Waals surface area contributed by atoms with E-state index in [1.165, 1.54) is 0 Å². The summed E-state index contributed by atoms with van der Waals surface area (Å²) in [6.45, 7) is 3.84. The van der Waals surface area contributed by atoms with Crippen LogP contribution < -0.4 is 10.1 Å². The Hall–Kier alpha value is -3.97. The van der Waals surface area contributed by atoms with Gasteiger partial charge in [0, 0.05) is 40.6 Å². The quantitative estimate of drug-likeness (QED) is 0.254. The van der Waals surface area contributed by atoms with Crippen LogP contribution in [0.5, 0.6) is 11.5 Å². The van der Waals surface area contributed by atoms with Gasteiger partial charge in [-0.3, -0.25) is 9.97 Å². The third kappa shape index (κ3) is 6.27. The number of aromatic nitrogens is 3. The lowest BCUT2D eigenvalue weighted by molar-refractivity contribution is 0.480. The maximum atomic E-state index is 6.15. The van der Waals surface area contributed by atoms with Gasteiger partial charge >= 0.3 is 0 Å². The fraction of sp³-hybridized carbons (Fsp3) is 0.0769. The van der Waals surface area contributed by atoms with Crippen molar-refractivity contribution in [2.75, 3.05) is 0 Å². The number of pyridine rings is 3. The lowest BCUT2D eigenvalue weighted by Gasteiger charge is -2.12. The standard InChI is InChI=1S/C26H23N5OS/c1-3-23(24-11-7-8-14-28-24)30-19(2)31-26-25(32-20-9-5-4-6-10-20)17-22(18-29-26)33-21-12-15-27-16-13-21/h3-18H,1-2H3,(H,29,30,31)/b23-3-. The number of hydrogen-bond acceptors (Lipinski definition) is 6. The van der Waals surface area contributed by atoms with E-state index >= 15 is 0 Å². The first-order valence-electron chi connectivity index (χ1n) is 10.4. The zero-order valence-corrected chi connectivity index (χ0v) is 19.2. The smallest absolute Gasteiger partial charge is 0.197 e. The summed E-state index contributed by atoms with van der Waals surface area (Å²) in [4.78, 5) is 19.8. The number of ether oxygens (including phenoxy) is 1. The number of amidine groups is 1. The summed E-state index contributed by atoms with van der Waals surface area (Å²) in [6.07, 6.45) is 9.06. The zero-order chi connectivity index (χ0) is 22.9. The van der Waals surface area contributed by atoms with E-state index in [0.29, 0.717) is 17.4 Å². The molecule has 0 saturated carbocycles. The first kappa shape index (κ1) is 22.2. The van der Waals surface area contributed by atoms with Gasteiger partial charge in [0.15, 0.2) is 11.6 Å². The van der Waals surface area contributed by atoms with Crippen molar-refractivity contribution in [3.8, 4) is 11.5 Å². The number of para-hydroxylation sites is 1. The molecule has 0 aliphatic carbocycles. The Morgan fingerprint density at radius 2 is 1.73 bits per heavy atom. The van der Waals surface area contributed by atoms with E-state index < -0.39 is 0 Å². The average Bonchev–Trinajstić information content (AvgIpc) is 2.86. The van der Waals surface area contributed by atoms with E-state index in [9.17, 15) is 0 Å². The van der Waals surface area contributed by atoms with E-state index in [-0.39, 0.29) is 0 Å². The molecule has 0 saturated heterocycles. The molecule has 0 aliphatic heterocycles. The minimum atomic E-state index is 0.486. The van der Waals surface area contributed by atoms with Crippen molar-refractivity contribution in [3.05, 3.63) is 103 Å². The minimum Gasteiger partial charge on any atom is -0.453 e. The molecule has 1 aromatic carbocycles. The lowest BCUT2D eigenvalue weighted by Crippen LogP contribution is -2.19. The number of hydrogen-bond donors (Lipinski definition) is 1. The highest BCUT2D eigenvalue weighted by Crippen LogP contribution is 2.36. The van der Waals surface area contributed by atoms with Crippen LogP contribution in [0.15, 0.2) is 112 Å². The monoisotopic (exact) mass is 453 g/mol. The topological polar surface area (TPSA) is 72.3 Å². The van der Waals surface area contributed by atoms with Crippen LogP contribution in [0.1, 0.15) is 19.5 Å². The van der Waals surface area contributed by atoms with Crippen molar-refractivity contribution in [1.29, 1.82) is 0 Å². The van der Waals surface area contributed by atoms with Crippen LogP contribution in [0, 0.1) is 0 Å². The normalized spacial score (nSPS) is 11.8. The number of aliphatic imine (C=N–C) groups is 1.